The van der Waals surface area contributed by atoms with E-state index in [4.69, 9.17) is 4.74 Å². The number of unbranched alkanes of at least 4 members (excludes halogenated alkanes) is 44. The summed E-state index contributed by atoms with van der Waals surface area (Å²) < 4.78 is 4.80. The Bertz CT molecular complexity index is 1130. The van der Waals surface area contributed by atoms with Crippen LogP contribution in [0, 0.1) is 0 Å². The Morgan fingerprint density at radius 2 is 0.462 bits per heavy atom. The first-order valence-corrected chi connectivity index (χ1v) is 36.2. The summed E-state index contributed by atoms with van der Waals surface area (Å²) in [6.45, 7) is 28.4. The highest BCUT2D eigenvalue weighted by Crippen LogP contribution is 2.17. The third kappa shape index (κ3) is 53.3. The second-order valence-electron chi connectivity index (χ2n) is 25.4. The minimum atomic E-state index is -0.0575. The zero-order valence-corrected chi connectivity index (χ0v) is 54.5. The number of hydrogen-bond donors (Lipinski definition) is 0. The van der Waals surface area contributed by atoms with E-state index in [0.29, 0.717) is 6.42 Å². The molecule has 1 aliphatic rings. The van der Waals surface area contributed by atoms with Crippen molar-refractivity contribution in [2.75, 3.05) is 105 Å². The van der Waals surface area contributed by atoms with Crippen LogP contribution in [-0.4, -0.2) is 136 Å². The van der Waals surface area contributed by atoms with E-state index in [2.05, 4.69) is 52.2 Å². The summed E-state index contributed by atoms with van der Waals surface area (Å²) in [6, 6.07) is 0. The molecule has 0 atom stereocenters. The van der Waals surface area contributed by atoms with Crippen molar-refractivity contribution in [1.82, 2.24) is 24.5 Å². The van der Waals surface area contributed by atoms with Crippen LogP contribution >= 0.6 is 0 Å². The lowest BCUT2D eigenvalue weighted by Crippen LogP contribution is -2.50. The van der Waals surface area contributed by atoms with Crippen LogP contribution in [0.1, 0.15) is 349 Å². The van der Waals surface area contributed by atoms with E-state index in [1.165, 1.54) is 407 Å². The summed E-state index contributed by atoms with van der Waals surface area (Å²) in [5.74, 6) is -0.0575. The molecule has 0 unspecified atom stereocenters. The lowest BCUT2D eigenvalue weighted by atomic mass is 10.1. The Morgan fingerprint density at radius 1 is 0.269 bits per heavy atom. The monoisotopic (exact) mass is 1100 g/mol. The molecule has 0 aromatic rings. The van der Waals surface area contributed by atoms with Crippen molar-refractivity contribution < 1.29 is 9.53 Å². The van der Waals surface area contributed by atoms with Gasteiger partial charge in [0.05, 0.1) is 7.11 Å². The van der Waals surface area contributed by atoms with Crippen molar-refractivity contribution in [2.45, 2.75) is 349 Å². The van der Waals surface area contributed by atoms with Gasteiger partial charge in [-0.2, -0.15) is 0 Å². The number of hydrogen-bond acceptors (Lipinski definition) is 7. The first-order valence-electron chi connectivity index (χ1n) is 36.2. The molecule has 0 aromatic heterocycles. The molecule has 0 aliphatic carbocycles. The number of ether oxygens (including phenoxy) is 1. The SMILES string of the molecule is CCCCCCCCCCCCN(CCCCCCCCCCCC)CCN(CCCCCCCCCCCC)CCN1CCN(CCN(CCCCCCCCCCCC)CCCCCCCCCCCC(=O)OC)CC1. The van der Waals surface area contributed by atoms with Crippen LogP contribution in [0.25, 0.3) is 0 Å². The Labute approximate surface area is 491 Å². The molecule has 7 heteroatoms. The van der Waals surface area contributed by atoms with Crippen molar-refractivity contribution in [2.24, 2.45) is 0 Å². The van der Waals surface area contributed by atoms with E-state index >= 15 is 0 Å². The zero-order valence-electron chi connectivity index (χ0n) is 54.5. The van der Waals surface area contributed by atoms with Crippen LogP contribution < -0.4 is 0 Å². The number of carbonyl (C=O) groups excluding carboxylic acids is 1. The summed E-state index contributed by atoms with van der Waals surface area (Å²) in [4.78, 5) is 25.7. The van der Waals surface area contributed by atoms with Crippen LogP contribution in [0.4, 0.5) is 0 Å². The van der Waals surface area contributed by atoms with E-state index in [1.54, 1.807) is 0 Å². The van der Waals surface area contributed by atoms with Crippen molar-refractivity contribution in [3.63, 3.8) is 0 Å². The fraction of sp³-hybridized carbons (Fsp3) is 0.986. The van der Waals surface area contributed by atoms with Gasteiger partial charge < -0.3 is 19.4 Å². The molecule has 0 saturated carbocycles. The van der Waals surface area contributed by atoms with E-state index in [-0.39, 0.29) is 5.97 Å². The summed E-state index contributed by atoms with van der Waals surface area (Å²) in [5, 5.41) is 0. The molecule has 1 fully saturated rings. The highest BCUT2D eigenvalue weighted by molar-refractivity contribution is 5.68. The maximum Gasteiger partial charge on any atom is 0.305 e. The van der Waals surface area contributed by atoms with Crippen molar-refractivity contribution in [3.05, 3.63) is 0 Å². The van der Waals surface area contributed by atoms with Gasteiger partial charge in [-0.15, -0.1) is 0 Å². The average Bonchev–Trinajstić information content (AvgIpc) is 3.45. The van der Waals surface area contributed by atoms with Gasteiger partial charge in [0.15, 0.2) is 0 Å². The molecule has 1 rings (SSSR count). The van der Waals surface area contributed by atoms with E-state index in [0.717, 1.165) is 12.8 Å². The molecule has 466 valence electrons. The average molecular weight is 1100 g/mol. The quantitative estimate of drug-likeness (QED) is 0.0444. The van der Waals surface area contributed by atoms with Gasteiger partial charge >= 0.3 is 5.97 Å². The van der Waals surface area contributed by atoms with Gasteiger partial charge in [0.1, 0.15) is 0 Å². The van der Waals surface area contributed by atoms with Crippen molar-refractivity contribution in [1.29, 1.82) is 0 Å². The fourth-order valence-corrected chi connectivity index (χ4v) is 12.3. The summed E-state index contributed by atoms with van der Waals surface area (Å²) in [6.07, 6.45) is 69.3. The van der Waals surface area contributed by atoms with E-state index in [9.17, 15) is 4.79 Å². The van der Waals surface area contributed by atoms with Gasteiger partial charge in [0.2, 0.25) is 0 Å². The topological polar surface area (TPSA) is 42.5 Å². The Kier molecular flexibility index (Phi) is 60.1. The zero-order chi connectivity index (χ0) is 56.1. The third-order valence-corrected chi connectivity index (χ3v) is 18.1. The summed E-state index contributed by atoms with van der Waals surface area (Å²) in [5.41, 5.74) is 0. The Morgan fingerprint density at radius 3 is 0.692 bits per heavy atom. The lowest BCUT2D eigenvalue weighted by Gasteiger charge is -2.37. The number of piperazine rings is 1. The van der Waals surface area contributed by atoms with Gasteiger partial charge in [-0.1, -0.05) is 304 Å². The molecule has 0 N–H and O–H groups in total. The van der Waals surface area contributed by atoms with Gasteiger partial charge in [0, 0.05) is 71.9 Å². The number of carbonyl (C=O) groups is 1. The number of methoxy groups -OCH3 is 1. The van der Waals surface area contributed by atoms with E-state index in [1.807, 2.05) is 0 Å². The van der Waals surface area contributed by atoms with Gasteiger partial charge in [-0.3, -0.25) is 14.6 Å². The second-order valence-corrected chi connectivity index (χ2v) is 25.4. The highest BCUT2D eigenvalue weighted by atomic mass is 16.5. The van der Waals surface area contributed by atoms with Crippen LogP contribution in [0.5, 0.6) is 0 Å². The molecule has 0 spiro atoms. The Hall–Kier alpha value is -0.730. The smallest absolute Gasteiger partial charge is 0.305 e. The Balaban J connectivity index is 2.72. The van der Waals surface area contributed by atoms with E-state index < -0.39 is 0 Å². The normalized spacial score (nSPS) is 13.6. The predicted molar refractivity (Wildman–Crippen MR) is 348 cm³/mol. The number of nitrogens with zero attached hydrogens (tertiary/aromatic N) is 5. The molecule has 0 bridgehead atoms. The van der Waals surface area contributed by atoms with Crippen molar-refractivity contribution in [3.8, 4) is 0 Å². The highest BCUT2D eigenvalue weighted by Gasteiger charge is 2.19. The van der Waals surface area contributed by atoms with Crippen LogP contribution in [0.15, 0.2) is 0 Å². The molecule has 7 nitrogen and oxygen atoms in total. The molecule has 0 aromatic carbocycles. The largest absolute Gasteiger partial charge is 0.469 e. The van der Waals surface area contributed by atoms with Gasteiger partial charge in [-0.05, 0) is 71.2 Å². The minimum absolute atomic E-state index is 0.0575. The maximum absolute atomic E-state index is 11.4. The predicted octanol–water partition coefficient (Wildman–Crippen LogP) is 20.3. The fourth-order valence-electron chi connectivity index (χ4n) is 12.3. The number of esters is 1. The number of rotatable bonds is 65. The summed E-state index contributed by atoms with van der Waals surface area (Å²) >= 11 is 0. The molecule has 0 amide bonds. The second kappa shape index (κ2) is 62.3. The molecule has 1 heterocycles. The lowest BCUT2D eigenvalue weighted by molar-refractivity contribution is -0.140. The minimum Gasteiger partial charge on any atom is -0.469 e. The van der Waals surface area contributed by atoms with Gasteiger partial charge in [-0.25, -0.2) is 0 Å². The van der Waals surface area contributed by atoms with Crippen molar-refractivity contribution >= 4 is 5.97 Å². The molecule has 78 heavy (non-hydrogen) atoms. The maximum atomic E-state index is 11.4. The molecule has 1 aliphatic heterocycles. The molecular weight excluding hydrogens is 955 g/mol. The molecule has 0 radical (unpaired) electrons. The third-order valence-electron chi connectivity index (χ3n) is 18.1. The van der Waals surface area contributed by atoms with Crippen LogP contribution in [-0.2, 0) is 9.53 Å². The molecular formula is C71H145N5O2. The first kappa shape index (κ1) is 75.3. The molecule has 1 saturated heterocycles. The van der Waals surface area contributed by atoms with Crippen LogP contribution in [0.3, 0.4) is 0 Å². The first-order chi connectivity index (χ1) is 38.6. The van der Waals surface area contributed by atoms with Gasteiger partial charge in [0.25, 0.3) is 0 Å². The van der Waals surface area contributed by atoms with Crippen LogP contribution in [0.2, 0.25) is 0 Å². The summed E-state index contributed by atoms with van der Waals surface area (Å²) in [7, 11) is 1.50. The standard InChI is InChI=1S/C71H145N5O2/c1-6-10-14-18-22-26-32-38-44-50-56-72(57-51-45-39-33-27-23-19-15-11-7-2)61-63-74(60-54-48-42-35-29-25-21-17-13-9-4)64-66-76-69-67-75(68-70-76)65-62-73(58-52-46-40-34-28-24-20-16-12-8-3)59-53-47-41-36-30-31-37-43-49-55-71(77)78-5/h6-70H2,1-5H3.